The molecule has 7 nitrogen and oxygen atoms in total. The van der Waals surface area contributed by atoms with Gasteiger partial charge in [0.1, 0.15) is 0 Å². The number of hydrogen-bond acceptors (Lipinski definition) is 6. The zero-order chi connectivity index (χ0) is 17.1. The van der Waals surface area contributed by atoms with Crippen molar-refractivity contribution in [1.82, 2.24) is 0 Å². The highest BCUT2D eigenvalue weighted by Crippen LogP contribution is 2.46. The summed E-state index contributed by atoms with van der Waals surface area (Å²) < 4.78 is 21.3. The van der Waals surface area contributed by atoms with Crippen LogP contribution in [0.4, 0.5) is 0 Å². The maximum atomic E-state index is 11.8. The van der Waals surface area contributed by atoms with Crippen molar-refractivity contribution in [2.24, 2.45) is 0 Å². The molecule has 0 spiro atoms. The first-order chi connectivity index (χ1) is 10.1. The summed E-state index contributed by atoms with van der Waals surface area (Å²) in [6.45, 7) is 5.06. The Morgan fingerprint density at radius 1 is 1.05 bits per heavy atom. The molecule has 0 aliphatic heterocycles. The molecule has 0 aromatic heterocycles. The monoisotopic (exact) mass is 328 g/mol. The van der Waals surface area contributed by atoms with Crippen LogP contribution < -0.4 is 4.52 Å². The molecule has 1 rings (SSSR count). The lowest BCUT2D eigenvalue weighted by Crippen LogP contribution is -2.09. The molecule has 1 unspecified atom stereocenters. The molecule has 1 N–H and O–H groups in total. The summed E-state index contributed by atoms with van der Waals surface area (Å²) in [7, 11) is -4.48. The quantitative estimate of drug-likeness (QED) is 0.605. The molecule has 120 valence electrons. The second-order valence-corrected chi connectivity index (χ2v) is 5.92. The number of phosphoric ester groups is 1. The summed E-state index contributed by atoms with van der Waals surface area (Å²) in [4.78, 5) is 44.6. The van der Waals surface area contributed by atoms with E-state index in [9.17, 15) is 23.8 Å². The van der Waals surface area contributed by atoms with Gasteiger partial charge < -0.3 is 4.52 Å². The third kappa shape index (κ3) is 4.34. The summed E-state index contributed by atoms with van der Waals surface area (Å²) in [5, 5.41) is 0. The van der Waals surface area contributed by atoms with Crippen molar-refractivity contribution in [3.05, 3.63) is 28.8 Å². The van der Waals surface area contributed by atoms with Crippen LogP contribution in [0.25, 0.3) is 0 Å². The number of hydrogen-bond donors (Lipinski definition) is 1. The molecule has 0 aliphatic carbocycles. The number of carbonyl (C=O) groups is 3. The van der Waals surface area contributed by atoms with E-state index in [1.807, 2.05) is 0 Å². The summed E-state index contributed by atoms with van der Waals surface area (Å²) in [5.74, 6) is -1.74. The predicted molar refractivity (Wildman–Crippen MR) is 78.5 cm³/mol. The van der Waals surface area contributed by atoms with Gasteiger partial charge in [-0.2, -0.15) is 0 Å². The van der Waals surface area contributed by atoms with Gasteiger partial charge in [-0.25, -0.2) is 4.57 Å². The Balaban J connectivity index is 3.58. The van der Waals surface area contributed by atoms with Crippen molar-refractivity contribution in [1.29, 1.82) is 0 Å². The molecule has 22 heavy (non-hydrogen) atoms. The van der Waals surface area contributed by atoms with Gasteiger partial charge in [-0.1, -0.05) is 0 Å². The average Bonchev–Trinajstić information content (AvgIpc) is 2.37. The topological polar surface area (TPSA) is 107 Å². The van der Waals surface area contributed by atoms with Gasteiger partial charge in [-0.05, 0) is 39.8 Å². The SMILES string of the molecule is CCOP(=O)(O)Oc1c(C(C)=O)cc(C(C)=O)cc1C(C)=O. The largest absolute Gasteiger partial charge is 0.527 e. The number of rotatable bonds is 7. The van der Waals surface area contributed by atoms with Gasteiger partial charge in [0.05, 0.1) is 17.7 Å². The minimum Gasteiger partial charge on any atom is -0.403 e. The van der Waals surface area contributed by atoms with Crippen LogP contribution in [-0.4, -0.2) is 28.9 Å². The van der Waals surface area contributed by atoms with E-state index in [2.05, 4.69) is 4.52 Å². The second kappa shape index (κ2) is 6.96. The lowest BCUT2D eigenvalue weighted by Gasteiger charge is -2.17. The predicted octanol–water partition coefficient (Wildman–Crippen LogP) is 2.81. The molecule has 1 atom stereocenters. The number of carbonyl (C=O) groups excluding carboxylic acids is 3. The van der Waals surface area contributed by atoms with Crippen LogP contribution in [0.15, 0.2) is 12.1 Å². The highest BCUT2D eigenvalue weighted by atomic mass is 31.2. The zero-order valence-corrected chi connectivity index (χ0v) is 13.6. The van der Waals surface area contributed by atoms with Crippen LogP contribution in [0.1, 0.15) is 58.8 Å². The molecule has 1 aromatic carbocycles. The van der Waals surface area contributed by atoms with Crippen molar-refractivity contribution in [3.63, 3.8) is 0 Å². The molecule has 1 aromatic rings. The number of ketones is 3. The standard InChI is InChI=1S/C14H17O7P/c1-5-20-22(18,19)21-14-12(9(3)16)6-11(8(2)15)7-13(14)10(4)17/h6-7H,5H2,1-4H3,(H,18,19). The molecular weight excluding hydrogens is 311 g/mol. The van der Waals surface area contributed by atoms with Gasteiger partial charge in [-0.15, -0.1) is 0 Å². The Hall–Kier alpha value is -1.82. The van der Waals surface area contributed by atoms with Crippen LogP contribution in [-0.2, 0) is 9.09 Å². The van der Waals surface area contributed by atoms with Crippen molar-refractivity contribution in [3.8, 4) is 5.75 Å². The maximum Gasteiger partial charge on any atom is 0.527 e. The molecule has 0 bridgehead atoms. The Morgan fingerprint density at radius 3 is 1.82 bits per heavy atom. The highest BCUT2D eigenvalue weighted by Gasteiger charge is 2.28. The van der Waals surface area contributed by atoms with Crippen molar-refractivity contribution in [2.45, 2.75) is 27.7 Å². The first-order valence-electron chi connectivity index (χ1n) is 6.46. The summed E-state index contributed by atoms with van der Waals surface area (Å²) in [6, 6.07) is 2.44. The van der Waals surface area contributed by atoms with E-state index in [0.29, 0.717) is 0 Å². The molecule has 0 fully saturated rings. The fourth-order valence-corrected chi connectivity index (χ4v) is 2.56. The fraction of sp³-hybridized carbons (Fsp3) is 0.357. The first kappa shape index (κ1) is 18.2. The molecule has 0 aliphatic rings. The van der Waals surface area contributed by atoms with Gasteiger partial charge in [0.25, 0.3) is 0 Å². The summed E-state index contributed by atoms with van der Waals surface area (Å²) in [6.07, 6.45) is 0. The zero-order valence-electron chi connectivity index (χ0n) is 12.7. The molecule has 0 heterocycles. The lowest BCUT2D eigenvalue weighted by atomic mass is 9.98. The summed E-state index contributed by atoms with van der Waals surface area (Å²) >= 11 is 0. The molecular formula is C14H17O7P. The van der Waals surface area contributed by atoms with Crippen molar-refractivity contribution >= 4 is 25.2 Å². The van der Waals surface area contributed by atoms with Crippen molar-refractivity contribution < 1.29 is 32.9 Å². The minimum atomic E-state index is -4.48. The third-order valence-electron chi connectivity index (χ3n) is 2.75. The van der Waals surface area contributed by atoms with E-state index in [1.165, 1.54) is 39.8 Å². The van der Waals surface area contributed by atoms with E-state index in [0.717, 1.165) is 0 Å². The molecule has 0 radical (unpaired) electrons. The van der Waals surface area contributed by atoms with E-state index in [1.54, 1.807) is 0 Å². The Morgan fingerprint density at radius 2 is 1.50 bits per heavy atom. The van der Waals surface area contributed by atoms with Gasteiger partial charge in [-0.3, -0.25) is 23.8 Å². The smallest absolute Gasteiger partial charge is 0.403 e. The number of benzene rings is 1. The number of Topliss-reactive ketones (excluding diaryl/α,β-unsaturated/α-hetero) is 3. The second-order valence-electron chi connectivity index (χ2n) is 4.55. The minimum absolute atomic E-state index is 0.0931. The van der Waals surface area contributed by atoms with Crippen LogP contribution >= 0.6 is 7.82 Å². The van der Waals surface area contributed by atoms with Crippen LogP contribution in [0.2, 0.25) is 0 Å². The van der Waals surface area contributed by atoms with E-state index < -0.39 is 19.4 Å². The van der Waals surface area contributed by atoms with E-state index in [4.69, 9.17) is 4.52 Å². The normalized spacial score (nSPS) is 13.3. The number of phosphoric acid groups is 1. The van der Waals surface area contributed by atoms with Gasteiger partial charge in [0, 0.05) is 5.56 Å². The Labute approximate surface area is 127 Å². The van der Waals surface area contributed by atoms with Crippen LogP contribution in [0, 0.1) is 0 Å². The third-order valence-corrected chi connectivity index (χ3v) is 3.75. The van der Waals surface area contributed by atoms with E-state index >= 15 is 0 Å². The van der Waals surface area contributed by atoms with Gasteiger partial charge in [0.2, 0.25) is 0 Å². The van der Waals surface area contributed by atoms with Crippen LogP contribution in [0.3, 0.4) is 0 Å². The Kier molecular flexibility index (Phi) is 5.77. The molecule has 0 saturated carbocycles. The fourth-order valence-electron chi connectivity index (χ4n) is 1.76. The van der Waals surface area contributed by atoms with Crippen molar-refractivity contribution in [2.75, 3.05) is 6.61 Å². The van der Waals surface area contributed by atoms with Crippen LogP contribution in [0.5, 0.6) is 5.75 Å². The molecule has 0 saturated heterocycles. The summed E-state index contributed by atoms with van der Waals surface area (Å²) in [5.41, 5.74) is -0.134. The molecule has 0 amide bonds. The maximum absolute atomic E-state index is 11.8. The average molecular weight is 328 g/mol. The lowest BCUT2D eigenvalue weighted by molar-refractivity contribution is 0.101. The van der Waals surface area contributed by atoms with Gasteiger partial charge in [0.15, 0.2) is 23.1 Å². The molecule has 8 heteroatoms. The van der Waals surface area contributed by atoms with Gasteiger partial charge >= 0.3 is 7.82 Å². The highest BCUT2D eigenvalue weighted by molar-refractivity contribution is 7.47. The van der Waals surface area contributed by atoms with E-state index in [-0.39, 0.29) is 34.8 Å². The first-order valence-corrected chi connectivity index (χ1v) is 7.96. The Bertz CT molecular complexity index is 643.